The Hall–Kier alpha value is -1.63. The average molecular weight is 305 g/mol. The molecule has 2 rings (SSSR count). The van der Waals surface area contributed by atoms with Gasteiger partial charge in [-0.2, -0.15) is 0 Å². The van der Waals surface area contributed by atoms with Gasteiger partial charge in [0.05, 0.1) is 7.11 Å². The summed E-state index contributed by atoms with van der Waals surface area (Å²) in [5, 5.41) is 0. The summed E-state index contributed by atoms with van der Waals surface area (Å²) in [4.78, 5) is 11.3. The smallest absolute Gasteiger partial charge is 0.344 e. The number of esters is 1. The van der Waals surface area contributed by atoms with E-state index >= 15 is 0 Å². The first kappa shape index (κ1) is 15.8. The molecule has 0 radical (unpaired) electrons. The molecule has 2 N–H and O–H groups in total. The second kappa shape index (κ2) is 5.63. The van der Waals surface area contributed by atoms with Crippen molar-refractivity contribution in [3.63, 3.8) is 0 Å². The van der Waals surface area contributed by atoms with E-state index in [1.54, 1.807) is 0 Å². The van der Waals surface area contributed by atoms with Gasteiger partial charge in [0.25, 0.3) is 0 Å². The summed E-state index contributed by atoms with van der Waals surface area (Å²) in [6.07, 6.45) is 2.01. The molecule has 1 saturated carbocycles. The third-order valence-corrected chi connectivity index (χ3v) is 4.13. The summed E-state index contributed by atoms with van der Waals surface area (Å²) in [6, 6.07) is 0. The molecule has 7 heteroatoms. The Balaban J connectivity index is 2.73. The Morgan fingerprint density at radius 2 is 1.57 bits per heavy atom. The van der Waals surface area contributed by atoms with Crippen LogP contribution in [0.5, 0.6) is 0 Å². The summed E-state index contributed by atoms with van der Waals surface area (Å²) in [7, 11) is 0.864. The fourth-order valence-electron chi connectivity index (χ4n) is 2.99. The van der Waals surface area contributed by atoms with E-state index in [9.17, 15) is 22.4 Å². The van der Waals surface area contributed by atoms with E-state index in [0.29, 0.717) is 25.7 Å². The molecule has 0 aromatic heterocycles. The SMILES string of the molecule is COC(=O)c1c(F)c(F)c(C2(CN)CCCC2)c(F)c1F. The molecule has 116 valence electrons. The molecule has 0 aliphatic heterocycles. The highest BCUT2D eigenvalue weighted by atomic mass is 19.2. The largest absolute Gasteiger partial charge is 0.465 e. The number of nitrogens with two attached hydrogens (primary N) is 1. The number of methoxy groups -OCH3 is 1. The topological polar surface area (TPSA) is 52.3 Å². The molecule has 1 aliphatic rings. The number of benzene rings is 1. The van der Waals surface area contributed by atoms with E-state index in [4.69, 9.17) is 5.73 Å². The van der Waals surface area contributed by atoms with Gasteiger partial charge < -0.3 is 10.5 Å². The second-order valence-electron chi connectivity index (χ2n) is 5.19. The van der Waals surface area contributed by atoms with Gasteiger partial charge in [0.1, 0.15) is 5.56 Å². The third-order valence-electron chi connectivity index (χ3n) is 4.13. The van der Waals surface area contributed by atoms with E-state index in [-0.39, 0.29) is 6.54 Å². The first-order valence-electron chi connectivity index (χ1n) is 6.54. The molecule has 0 unspecified atom stereocenters. The monoisotopic (exact) mass is 305 g/mol. The molecule has 0 bridgehead atoms. The minimum absolute atomic E-state index is 0.128. The van der Waals surface area contributed by atoms with Crippen LogP contribution in [0.4, 0.5) is 17.6 Å². The number of carbonyl (C=O) groups is 1. The molecule has 0 heterocycles. The molecule has 0 spiro atoms. The lowest BCUT2D eigenvalue weighted by Crippen LogP contribution is -2.35. The average Bonchev–Trinajstić information content (AvgIpc) is 2.95. The van der Waals surface area contributed by atoms with Crippen LogP contribution in [-0.2, 0) is 10.2 Å². The molecule has 0 atom stereocenters. The van der Waals surface area contributed by atoms with Gasteiger partial charge in [0.15, 0.2) is 23.3 Å². The van der Waals surface area contributed by atoms with Crippen LogP contribution in [0.15, 0.2) is 0 Å². The highest BCUT2D eigenvalue weighted by molar-refractivity contribution is 5.90. The maximum absolute atomic E-state index is 14.2. The fraction of sp³-hybridized carbons (Fsp3) is 0.500. The van der Waals surface area contributed by atoms with E-state index in [1.807, 2.05) is 0 Å². The number of halogens is 4. The van der Waals surface area contributed by atoms with Crippen LogP contribution in [0, 0.1) is 23.3 Å². The quantitative estimate of drug-likeness (QED) is 0.531. The van der Waals surface area contributed by atoms with Gasteiger partial charge in [-0.15, -0.1) is 0 Å². The Morgan fingerprint density at radius 1 is 1.10 bits per heavy atom. The zero-order valence-electron chi connectivity index (χ0n) is 11.4. The zero-order chi connectivity index (χ0) is 15.8. The molecule has 1 aromatic rings. The summed E-state index contributed by atoms with van der Waals surface area (Å²) in [5.41, 5.74) is 2.40. The number of hydrogen-bond donors (Lipinski definition) is 1. The molecular formula is C14H15F4NO2. The van der Waals surface area contributed by atoms with Crippen molar-refractivity contribution >= 4 is 5.97 Å². The van der Waals surface area contributed by atoms with Crippen LogP contribution in [0.25, 0.3) is 0 Å². The molecule has 0 saturated heterocycles. The van der Waals surface area contributed by atoms with Crippen molar-refractivity contribution in [2.24, 2.45) is 5.73 Å². The van der Waals surface area contributed by atoms with Gasteiger partial charge >= 0.3 is 5.97 Å². The van der Waals surface area contributed by atoms with Crippen molar-refractivity contribution in [2.45, 2.75) is 31.1 Å². The molecule has 1 aliphatic carbocycles. The minimum atomic E-state index is -1.74. The first-order chi connectivity index (χ1) is 9.89. The van der Waals surface area contributed by atoms with Crippen molar-refractivity contribution < 1.29 is 27.1 Å². The maximum Gasteiger partial charge on any atom is 0.344 e. The van der Waals surface area contributed by atoms with Crippen molar-refractivity contribution in [3.8, 4) is 0 Å². The van der Waals surface area contributed by atoms with Gasteiger partial charge in [0.2, 0.25) is 0 Å². The highest BCUT2D eigenvalue weighted by Gasteiger charge is 2.43. The van der Waals surface area contributed by atoms with E-state index < -0.39 is 45.8 Å². The van der Waals surface area contributed by atoms with Gasteiger partial charge in [-0.25, -0.2) is 22.4 Å². The van der Waals surface area contributed by atoms with Crippen LogP contribution in [0.1, 0.15) is 41.6 Å². The van der Waals surface area contributed by atoms with E-state index in [1.165, 1.54) is 0 Å². The van der Waals surface area contributed by atoms with Crippen LogP contribution < -0.4 is 5.73 Å². The standard InChI is InChI=1S/C14H15F4NO2/c1-21-13(20)7-9(15)11(17)8(12(18)10(7)16)14(6-19)4-2-3-5-14/h2-6,19H2,1H3. The Bertz CT molecular complexity index is 554. The number of ether oxygens (including phenoxy) is 1. The van der Waals surface area contributed by atoms with Gasteiger partial charge in [-0.05, 0) is 12.8 Å². The minimum Gasteiger partial charge on any atom is -0.465 e. The molecular weight excluding hydrogens is 290 g/mol. The number of hydrogen-bond acceptors (Lipinski definition) is 3. The predicted octanol–water partition coefficient (Wildman–Crippen LogP) is 2.80. The molecule has 3 nitrogen and oxygen atoms in total. The van der Waals surface area contributed by atoms with Gasteiger partial charge in [-0.3, -0.25) is 0 Å². The Labute approximate surface area is 119 Å². The van der Waals surface area contributed by atoms with Crippen molar-refractivity contribution in [1.82, 2.24) is 0 Å². The predicted molar refractivity (Wildman–Crippen MR) is 66.8 cm³/mol. The summed E-state index contributed by atoms with van der Waals surface area (Å²) < 4.78 is 60.6. The van der Waals surface area contributed by atoms with Gasteiger partial charge in [-0.1, -0.05) is 12.8 Å². The van der Waals surface area contributed by atoms with Crippen molar-refractivity contribution in [1.29, 1.82) is 0 Å². The Morgan fingerprint density at radius 3 is 1.95 bits per heavy atom. The van der Waals surface area contributed by atoms with Crippen LogP contribution in [0.2, 0.25) is 0 Å². The summed E-state index contributed by atoms with van der Waals surface area (Å²) >= 11 is 0. The molecule has 0 amide bonds. The lowest BCUT2D eigenvalue weighted by Gasteiger charge is -2.29. The van der Waals surface area contributed by atoms with Crippen molar-refractivity contribution in [3.05, 3.63) is 34.4 Å². The highest BCUT2D eigenvalue weighted by Crippen LogP contribution is 2.44. The van der Waals surface area contributed by atoms with Crippen LogP contribution in [-0.4, -0.2) is 19.6 Å². The Kier molecular flexibility index (Phi) is 4.22. The third kappa shape index (κ3) is 2.29. The van der Waals surface area contributed by atoms with Crippen LogP contribution in [0.3, 0.4) is 0 Å². The zero-order valence-corrected chi connectivity index (χ0v) is 11.4. The summed E-state index contributed by atoms with van der Waals surface area (Å²) in [5.74, 6) is -8.09. The van der Waals surface area contributed by atoms with Crippen LogP contribution >= 0.6 is 0 Å². The molecule has 21 heavy (non-hydrogen) atoms. The number of rotatable bonds is 3. The molecule has 1 fully saturated rings. The van der Waals surface area contributed by atoms with E-state index in [0.717, 1.165) is 7.11 Å². The normalized spacial score (nSPS) is 17.0. The summed E-state index contributed by atoms with van der Waals surface area (Å²) in [6.45, 7) is -0.128. The van der Waals surface area contributed by atoms with Gasteiger partial charge in [0, 0.05) is 17.5 Å². The lowest BCUT2D eigenvalue weighted by molar-refractivity contribution is 0.0586. The fourth-order valence-corrected chi connectivity index (χ4v) is 2.99. The van der Waals surface area contributed by atoms with Crippen molar-refractivity contribution in [2.75, 3.05) is 13.7 Å². The molecule has 1 aromatic carbocycles. The van der Waals surface area contributed by atoms with E-state index in [2.05, 4.69) is 4.74 Å². The maximum atomic E-state index is 14.2. The number of carbonyl (C=O) groups excluding carboxylic acids is 1. The first-order valence-corrected chi connectivity index (χ1v) is 6.54. The second-order valence-corrected chi connectivity index (χ2v) is 5.19. The lowest BCUT2D eigenvalue weighted by atomic mass is 9.77.